The fraction of sp³-hybridized carbons (Fsp3) is 0.667. The van der Waals surface area contributed by atoms with Gasteiger partial charge in [0.2, 0.25) is 5.95 Å². The number of carbonyl (C=O) groups is 1. The molecule has 1 aromatic heterocycles. The summed E-state index contributed by atoms with van der Waals surface area (Å²) in [6.45, 7) is 7.18. The number of aromatic nitrogens is 2. The molecule has 0 saturated heterocycles. The Balaban J connectivity index is 3.19. The highest BCUT2D eigenvalue weighted by atomic mass is 16.4. The molecule has 1 rings (SSSR count). The molecule has 1 heterocycles. The molecule has 0 aromatic carbocycles. The van der Waals surface area contributed by atoms with Crippen molar-refractivity contribution in [1.82, 2.24) is 9.55 Å². The van der Waals surface area contributed by atoms with Crippen LogP contribution in [0.5, 0.6) is 0 Å². The highest BCUT2D eigenvalue weighted by Crippen LogP contribution is 2.12. The van der Waals surface area contributed by atoms with E-state index in [1.807, 2.05) is 4.90 Å². The van der Waals surface area contributed by atoms with E-state index in [1.165, 1.54) is 10.6 Å². The van der Waals surface area contributed by atoms with E-state index in [0.29, 0.717) is 11.6 Å². The number of unbranched alkanes of at least 4 members (excludes halogenated alkanes) is 2. The average Bonchev–Trinajstić information content (AvgIpc) is 2.41. The van der Waals surface area contributed by atoms with Gasteiger partial charge in [-0.25, -0.2) is 4.98 Å². The lowest BCUT2D eigenvalue weighted by molar-refractivity contribution is -0.137. The summed E-state index contributed by atoms with van der Waals surface area (Å²) in [7, 11) is 0. The fourth-order valence-electron chi connectivity index (χ4n) is 2.14. The van der Waals surface area contributed by atoms with Gasteiger partial charge in [-0.3, -0.25) is 14.2 Å². The Labute approximate surface area is 125 Å². The Hall–Kier alpha value is -1.85. The summed E-state index contributed by atoms with van der Waals surface area (Å²) < 4.78 is 1.25. The molecule has 0 fully saturated rings. The molecule has 0 amide bonds. The van der Waals surface area contributed by atoms with Gasteiger partial charge in [0.05, 0.1) is 0 Å². The Morgan fingerprint density at radius 2 is 1.86 bits per heavy atom. The van der Waals surface area contributed by atoms with Gasteiger partial charge in [-0.05, 0) is 19.8 Å². The molecule has 6 heteroatoms. The van der Waals surface area contributed by atoms with Crippen molar-refractivity contribution in [2.75, 3.05) is 18.0 Å². The summed E-state index contributed by atoms with van der Waals surface area (Å²) in [4.78, 5) is 29.5. The van der Waals surface area contributed by atoms with Crippen LogP contribution < -0.4 is 10.5 Å². The molecule has 118 valence electrons. The Kier molecular flexibility index (Phi) is 6.91. The summed E-state index contributed by atoms with van der Waals surface area (Å²) in [5, 5.41) is 9.01. The van der Waals surface area contributed by atoms with Crippen molar-refractivity contribution in [2.45, 2.75) is 53.0 Å². The first-order chi connectivity index (χ1) is 9.99. The second-order valence-electron chi connectivity index (χ2n) is 5.21. The molecule has 1 N–H and O–H groups in total. The third-order valence-electron chi connectivity index (χ3n) is 3.26. The number of hydrogen-bond acceptors (Lipinski definition) is 4. The average molecular weight is 295 g/mol. The topological polar surface area (TPSA) is 75.4 Å². The molecule has 0 spiro atoms. The minimum absolute atomic E-state index is 0.308. The quantitative estimate of drug-likeness (QED) is 0.754. The fourth-order valence-corrected chi connectivity index (χ4v) is 2.14. The van der Waals surface area contributed by atoms with Gasteiger partial charge >= 0.3 is 5.97 Å². The zero-order chi connectivity index (χ0) is 15.8. The number of nitrogens with zero attached hydrogens (tertiary/aromatic N) is 3. The van der Waals surface area contributed by atoms with Crippen molar-refractivity contribution < 1.29 is 9.90 Å². The monoisotopic (exact) mass is 295 g/mol. The highest BCUT2D eigenvalue weighted by Gasteiger charge is 2.16. The van der Waals surface area contributed by atoms with Crippen molar-refractivity contribution in [1.29, 1.82) is 0 Å². The number of aliphatic carboxylic acids is 1. The normalized spacial score (nSPS) is 10.6. The van der Waals surface area contributed by atoms with Gasteiger partial charge in [-0.15, -0.1) is 0 Å². The Bertz CT molecular complexity index is 517. The molecule has 0 atom stereocenters. The van der Waals surface area contributed by atoms with Crippen LogP contribution >= 0.6 is 0 Å². The summed E-state index contributed by atoms with van der Waals surface area (Å²) in [6, 6.07) is 1.38. The van der Waals surface area contributed by atoms with E-state index in [9.17, 15) is 9.59 Å². The zero-order valence-electron chi connectivity index (χ0n) is 13.1. The van der Waals surface area contributed by atoms with Crippen LogP contribution in [0.2, 0.25) is 0 Å². The van der Waals surface area contributed by atoms with Gasteiger partial charge in [0, 0.05) is 24.8 Å². The van der Waals surface area contributed by atoms with E-state index < -0.39 is 5.97 Å². The summed E-state index contributed by atoms with van der Waals surface area (Å²) in [6.07, 6.45) is 4.05. The highest BCUT2D eigenvalue weighted by molar-refractivity contribution is 5.67. The van der Waals surface area contributed by atoms with Crippen LogP contribution in [0.3, 0.4) is 0 Å². The number of anilines is 1. The van der Waals surface area contributed by atoms with Crippen molar-refractivity contribution in [3.63, 3.8) is 0 Å². The third kappa shape index (κ3) is 5.21. The van der Waals surface area contributed by atoms with E-state index in [0.717, 1.165) is 38.8 Å². The molecule has 1 aromatic rings. The largest absolute Gasteiger partial charge is 0.480 e. The van der Waals surface area contributed by atoms with Crippen LogP contribution in [0, 0.1) is 6.92 Å². The standard InChI is InChI=1S/C15H25N3O3/c1-4-6-8-17(9-7-5-2)15-16-12(3)10-13(19)18(15)11-14(20)21/h10H,4-9,11H2,1-3H3,(H,20,21). The van der Waals surface area contributed by atoms with Crippen LogP contribution in [0.1, 0.15) is 45.2 Å². The molecule has 6 nitrogen and oxygen atoms in total. The lowest BCUT2D eigenvalue weighted by atomic mass is 10.2. The number of aryl methyl sites for hydroxylation is 1. The van der Waals surface area contributed by atoms with Gasteiger partial charge in [0.1, 0.15) is 6.54 Å². The third-order valence-corrected chi connectivity index (χ3v) is 3.26. The molecule has 0 bridgehead atoms. The molecule has 0 saturated carbocycles. The van der Waals surface area contributed by atoms with E-state index in [4.69, 9.17) is 5.11 Å². The first-order valence-corrected chi connectivity index (χ1v) is 7.54. The summed E-state index contributed by atoms with van der Waals surface area (Å²) in [5.74, 6) is -0.556. The molecular formula is C15H25N3O3. The van der Waals surface area contributed by atoms with Crippen molar-refractivity contribution in [3.05, 3.63) is 22.1 Å². The minimum Gasteiger partial charge on any atom is -0.480 e. The maximum absolute atomic E-state index is 12.1. The predicted octanol–water partition coefficient (Wildman–Crippen LogP) is 2.04. The van der Waals surface area contributed by atoms with Gasteiger partial charge in [-0.1, -0.05) is 26.7 Å². The summed E-state index contributed by atoms with van der Waals surface area (Å²) >= 11 is 0. The van der Waals surface area contributed by atoms with Crippen LogP contribution in [0.25, 0.3) is 0 Å². The molecule has 0 aliphatic rings. The van der Waals surface area contributed by atoms with Crippen LogP contribution in [-0.4, -0.2) is 33.7 Å². The number of carboxylic acids is 1. The smallest absolute Gasteiger partial charge is 0.323 e. The van der Waals surface area contributed by atoms with Crippen LogP contribution in [0.15, 0.2) is 10.9 Å². The lowest BCUT2D eigenvalue weighted by Crippen LogP contribution is -2.35. The van der Waals surface area contributed by atoms with Crippen LogP contribution in [0.4, 0.5) is 5.95 Å². The number of carboxylic acid groups (broad SMARTS) is 1. The lowest BCUT2D eigenvalue weighted by Gasteiger charge is -2.26. The van der Waals surface area contributed by atoms with E-state index in [2.05, 4.69) is 18.8 Å². The van der Waals surface area contributed by atoms with Crippen molar-refractivity contribution in [2.24, 2.45) is 0 Å². The maximum atomic E-state index is 12.1. The molecule has 21 heavy (non-hydrogen) atoms. The Morgan fingerprint density at radius 1 is 1.29 bits per heavy atom. The van der Waals surface area contributed by atoms with E-state index in [1.54, 1.807) is 6.92 Å². The molecular weight excluding hydrogens is 270 g/mol. The van der Waals surface area contributed by atoms with E-state index >= 15 is 0 Å². The van der Waals surface area contributed by atoms with Gasteiger partial charge in [-0.2, -0.15) is 0 Å². The van der Waals surface area contributed by atoms with Gasteiger partial charge in [0.25, 0.3) is 5.56 Å². The Morgan fingerprint density at radius 3 is 2.33 bits per heavy atom. The number of rotatable bonds is 9. The number of hydrogen-bond donors (Lipinski definition) is 1. The second kappa shape index (κ2) is 8.44. The molecule has 0 radical (unpaired) electrons. The maximum Gasteiger partial charge on any atom is 0.323 e. The zero-order valence-corrected chi connectivity index (χ0v) is 13.1. The SMILES string of the molecule is CCCCN(CCCC)c1nc(C)cc(=O)n1CC(=O)O. The summed E-state index contributed by atoms with van der Waals surface area (Å²) in [5.41, 5.74) is 0.313. The van der Waals surface area contributed by atoms with Gasteiger partial charge in [0.15, 0.2) is 0 Å². The van der Waals surface area contributed by atoms with Gasteiger partial charge < -0.3 is 10.0 Å². The first-order valence-electron chi connectivity index (χ1n) is 7.54. The first kappa shape index (κ1) is 17.2. The van der Waals surface area contributed by atoms with Crippen molar-refractivity contribution >= 4 is 11.9 Å². The molecule has 0 aliphatic heterocycles. The molecule has 0 aliphatic carbocycles. The second-order valence-corrected chi connectivity index (χ2v) is 5.21. The molecule has 0 unspecified atom stereocenters. The van der Waals surface area contributed by atoms with Crippen LogP contribution in [-0.2, 0) is 11.3 Å². The minimum atomic E-state index is -1.03. The predicted molar refractivity (Wildman–Crippen MR) is 82.9 cm³/mol. The van der Waals surface area contributed by atoms with Crippen molar-refractivity contribution in [3.8, 4) is 0 Å². The van der Waals surface area contributed by atoms with E-state index in [-0.39, 0.29) is 12.1 Å².